The highest BCUT2D eigenvalue weighted by atomic mass is 16.5. The first-order valence-corrected chi connectivity index (χ1v) is 10.0. The molecule has 0 unspecified atom stereocenters. The average molecular weight is 351 g/mol. The molecule has 0 amide bonds. The minimum absolute atomic E-state index is 0.242. The van der Waals surface area contributed by atoms with Gasteiger partial charge in [-0.1, -0.05) is 61.7 Å². The molecule has 0 atom stereocenters. The van der Waals surface area contributed by atoms with E-state index in [0.717, 1.165) is 31.9 Å². The largest absolute Gasteiger partial charge is 0.495 e. The van der Waals surface area contributed by atoms with Crippen LogP contribution in [0.3, 0.4) is 0 Å². The van der Waals surface area contributed by atoms with E-state index in [4.69, 9.17) is 4.74 Å². The van der Waals surface area contributed by atoms with E-state index in [0.29, 0.717) is 0 Å². The summed E-state index contributed by atoms with van der Waals surface area (Å²) in [5.74, 6) is 0.983. The molecule has 2 fully saturated rings. The fourth-order valence-electron chi connectivity index (χ4n) is 4.94. The van der Waals surface area contributed by atoms with Gasteiger partial charge < -0.3 is 9.64 Å². The molecule has 4 rings (SSSR count). The first kappa shape index (κ1) is 17.4. The molecule has 1 aliphatic heterocycles. The molecule has 0 bridgehead atoms. The minimum atomic E-state index is 0.242. The van der Waals surface area contributed by atoms with Gasteiger partial charge in [0.1, 0.15) is 5.75 Å². The van der Waals surface area contributed by atoms with Crippen LogP contribution in [0.1, 0.15) is 37.7 Å². The lowest BCUT2D eigenvalue weighted by Crippen LogP contribution is -2.56. The molecule has 2 aromatic carbocycles. The van der Waals surface area contributed by atoms with Crippen LogP contribution in [-0.2, 0) is 5.54 Å². The third kappa shape index (κ3) is 3.21. The van der Waals surface area contributed by atoms with Crippen molar-refractivity contribution in [2.75, 3.05) is 38.2 Å². The number of benzene rings is 2. The van der Waals surface area contributed by atoms with Crippen LogP contribution in [0.25, 0.3) is 0 Å². The van der Waals surface area contributed by atoms with Crippen LogP contribution >= 0.6 is 0 Å². The summed E-state index contributed by atoms with van der Waals surface area (Å²) in [6, 6.07) is 19.6. The molecule has 138 valence electrons. The third-order valence-electron chi connectivity index (χ3n) is 6.30. The maximum atomic E-state index is 5.58. The van der Waals surface area contributed by atoms with Gasteiger partial charge in [-0.2, -0.15) is 0 Å². The summed E-state index contributed by atoms with van der Waals surface area (Å²) >= 11 is 0. The van der Waals surface area contributed by atoms with E-state index >= 15 is 0 Å². The van der Waals surface area contributed by atoms with Gasteiger partial charge in [0.15, 0.2) is 0 Å². The van der Waals surface area contributed by atoms with Crippen LogP contribution in [0.2, 0.25) is 0 Å². The van der Waals surface area contributed by atoms with Crippen LogP contribution in [0.4, 0.5) is 5.69 Å². The zero-order valence-electron chi connectivity index (χ0n) is 15.9. The van der Waals surface area contributed by atoms with Crippen molar-refractivity contribution < 1.29 is 4.74 Å². The summed E-state index contributed by atoms with van der Waals surface area (Å²) in [6.45, 7) is 4.36. The average Bonchev–Trinajstić information content (AvgIpc) is 2.75. The Hall–Kier alpha value is -2.00. The molecule has 0 spiro atoms. The van der Waals surface area contributed by atoms with E-state index in [1.54, 1.807) is 7.11 Å². The molecule has 1 saturated carbocycles. The van der Waals surface area contributed by atoms with E-state index in [1.807, 2.05) is 6.07 Å². The number of ether oxygens (including phenoxy) is 1. The molecule has 0 radical (unpaired) electrons. The van der Waals surface area contributed by atoms with E-state index in [1.165, 1.54) is 43.4 Å². The van der Waals surface area contributed by atoms with Gasteiger partial charge in [0.05, 0.1) is 12.8 Å². The molecule has 3 nitrogen and oxygen atoms in total. The molecule has 3 heteroatoms. The van der Waals surface area contributed by atoms with Gasteiger partial charge in [-0.3, -0.25) is 4.90 Å². The van der Waals surface area contributed by atoms with Gasteiger partial charge in [-0.15, -0.1) is 0 Å². The second-order valence-electron chi connectivity index (χ2n) is 7.60. The quantitative estimate of drug-likeness (QED) is 0.796. The molecule has 1 heterocycles. The zero-order chi connectivity index (χ0) is 17.8. The highest BCUT2D eigenvalue weighted by molar-refractivity contribution is 5.58. The monoisotopic (exact) mass is 350 g/mol. The fraction of sp³-hybridized carbons (Fsp3) is 0.478. The summed E-state index contributed by atoms with van der Waals surface area (Å²) < 4.78 is 5.58. The highest BCUT2D eigenvalue weighted by Gasteiger charge is 2.40. The molecule has 2 aliphatic rings. The number of nitrogens with zero attached hydrogens (tertiary/aromatic N) is 2. The van der Waals surface area contributed by atoms with E-state index in [2.05, 4.69) is 58.3 Å². The van der Waals surface area contributed by atoms with Crippen LogP contribution in [0, 0.1) is 0 Å². The normalized spacial score (nSPS) is 20.7. The number of methoxy groups -OCH3 is 1. The Kier molecular flexibility index (Phi) is 5.16. The molecular formula is C23H30N2O. The number of hydrogen-bond acceptors (Lipinski definition) is 3. The zero-order valence-corrected chi connectivity index (χ0v) is 15.9. The fourth-order valence-corrected chi connectivity index (χ4v) is 4.94. The first-order chi connectivity index (χ1) is 12.8. The molecular weight excluding hydrogens is 320 g/mol. The van der Waals surface area contributed by atoms with Gasteiger partial charge in [0, 0.05) is 31.7 Å². The van der Waals surface area contributed by atoms with Gasteiger partial charge >= 0.3 is 0 Å². The van der Waals surface area contributed by atoms with E-state index < -0.39 is 0 Å². The van der Waals surface area contributed by atoms with Gasteiger partial charge in [0.25, 0.3) is 0 Å². The maximum absolute atomic E-state index is 5.58. The Morgan fingerprint density at radius 2 is 1.42 bits per heavy atom. The number of para-hydroxylation sites is 2. The molecule has 2 aromatic rings. The smallest absolute Gasteiger partial charge is 0.142 e. The predicted octanol–water partition coefficient (Wildman–Crippen LogP) is 4.68. The van der Waals surface area contributed by atoms with Crippen molar-refractivity contribution in [3.63, 3.8) is 0 Å². The summed E-state index contributed by atoms with van der Waals surface area (Å²) in [4.78, 5) is 5.25. The summed E-state index contributed by atoms with van der Waals surface area (Å²) in [5, 5.41) is 0. The first-order valence-electron chi connectivity index (χ1n) is 10.0. The van der Waals surface area contributed by atoms with Gasteiger partial charge in [0.2, 0.25) is 0 Å². The Morgan fingerprint density at radius 3 is 2.12 bits per heavy atom. The lowest BCUT2D eigenvalue weighted by atomic mass is 9.75. The molecule has 1 saturated heterocycles. The van der Waals surface area contributed by atoms with Crippen molar-refractivity contribution in [2.45, 2.75) is 37.6 Å². The second-order valence-corrected chi connectivity index (χ2v) is 7.60. The lowest BCUT2D eigenvalue weighted by Gasteiger charge is -2.50. The predicted molar refractivity (Wildman–Crippen MR) is 108 cm³/mol. The van der Waals surface area contributed by atoms with Crippen molar-refractivity contribution in [2.24, 2.45) is 0 Å². The van der Waals surface area contributed by atoms with E-state index in [9.17, 15) is 0 Å². The van der Waals surface area contributed by atoms with Crippen molar-refractivity contribution in [1.29, 1.82) is 0 Å². The standard InChI is InChI=1S/C23H30N2O/c1-26-22-13-7-6-12-21(22)24-16-18-25(19-17-24)23(14-8-3-9-15-23)20-10-4-2-5-11-20/h2,4-7,10-13H,3,8-9,14-19H2,1H3. The summed E-state index contributed by atoms with van der Waals surface area (Å²) in [7, 11) is 1.77. The van der Waals surface area contributed by atoms with Crippen molar-refractivity contribution in [3.8, 4) is 5.75 Å². The van der Waals surface area contributed by atoms with Gasteiger partial charge in [-0.25, -0.2) is 0 Å². The van der Waals surface area contributed by atoms with Gasteiger partial charge in [-0.05, 0) is 30.5 Å². The molecule has 26 heavy (non-hydrogen) atoms. The van der Waals surface area contributed by atoms with Crippen molar-refractivity contribution >= 4 is 5.69 Å². The van der Waals surface area contributed by atoms with Crippen LogP contribution < -0.4 is 9.64 Å². The molecule has 1 aliphatic carbocycles. The third-order valence-corrected chi connectivity index (χ3v) is 6.30. The van der Waals surface area contributed by atoms with E-state index in [-0.39, 0.29) is 5.54 Å². The van der Waals surface area contributed by atoms with Crippen molar-refractivity contribution in [1.82, 2.24) is 4.90 Å². The molecule has 0 aromatic heterocycles. The molecule has 0 N–H and O–H groups in total. The Balaban J connectivity index is 1.54. The van der Waals surface area contributed by atoms with Crippen LogP contribution in [-0.4, -0.2) is 38.2 Å². The second kappa shape index (κ2) is 7.71. The number of anilines is 1. The SMILES string of the molecule is COc1ccccc1N1CCN(C2(c3ccccc3)CCCCC2)CC1. The minimum Gasteiger partial charge on any atom is -0.495 e. The number of piperazine rings is 1. The lowest BCUT2D eigenvalue weighted by molar-refractivity contribution is 0.0416. The number of rotatable bonds is 4. The Bertz CT molecular complexity index is 701. The summed E-state index contributed by atoms with van der Waals surface area (Å²) in [5.41, 5.74) is 2.99. The topological polar surface area (TPSA) is 15.7 Å². The van der Waals surface area contributed by atoms with Crippen LogP contribution in [0.15, 0.2) is 54.6 Å². The highest BCUT2D eigenvalue weighted by Crippen LogP contribution is 2.43. The summed E-state index contributed by atoms with van der Waals surface area (Å²) in [6.07, 6.45) is 6.68. The Labute approximate surface area is 157 Å². The number of hydrogen-bond donors (Lipinski definition) is 0. The van der Waals surface area contributed by atoms with Crippen LogP contribution in [0.5, 0.6) is 5.75 Å². The Morgan fingerprint density at radius 1 is 0.769 bits per heavy atom. The van der Waals surface area contributed by atoms with Crippen molar-refractivity contribution in [3.05, 3.63) is 60.2 Å². The maximum Gasteiger partial charge on any atom is 0.142 e.